The molecule has 0 bridgehead atoms. The van der Waals surface area contributed by atoms with Crippen molar-refractivity contribution in [2.24, 2.45) is 0 Å². The molecular formula is C17H18O3. The molecule has 0 aliphatic heterocycles. The Morgan fingerprint density at radius 1 is 1.35 bits per heavy atom. The third-order valence-electron chi connectivity index (χ3n) is 3.96. The number of fused-ring (bicyclic) bond motifs is 3. The molecule has 3 heteroatoms. The third kappa shape index (κ3) is 1.85. The molecule has 1 aromatic heterocycles. The summed E-state index contributed by atoms with van der Waals surface area (Å²) in [5.41, 5.74) is 1.58. The Kier molecular flexibility index (Phi) is 2.93. The maximum Gasteiger partial charge on any atom is 0.313 e. The minimum Gasteiger partial charge on any atom is -0.469 e. The first kappa shape index (κ1) is 13.0. The Bertz CT molecular complexity index is 691. The Morgan fingerprint density at radius 3 is 2.85 bits per heavy atom. The van der Waals surface area contributed by atoms with E-state index in [2.05, 4.69) is 19.9 Å². The van der Waals surface area contributed by atoms with Crippen molar-refractivity contribution in [1.29, 1.82) is 0 Å². The largest absolute Gasteiger partial charge is 0.469 e. The van der Waals surface area contributed by atoms with Crippen molar-refractivity contribution < 1.29 is 13.9 Å². The number of furan rings is 1. The summed E-state index contributed by atoms with van der Waals surface area (Å²) >= 11 is 0. The highest BCUT2D eigenvalue weighted by Gasteiger charge is 2.36. The summed E-state index contributed by atoms with van der Waals surface area (Å²) in [4.78, 5) is 12.1. The number of allylic oxidation sites excluding steroid dienone is 2. The van der Waals surface area contributed by atoms with E-state index in [1.807, 2.05) is 30.3 Å². The van der Waals surface area contributed by atoms with E-state index in [9.17, 15) is 4.79 Å². The van der Waals surface area contributed by atoms with Crippen molar-refractivity contribution in [1.82, 2.24) is 0 Å². The van der Waals surface area contributed by atoms with Gasteiger partial charge in [0.05, 0.1) is 13.0 Å². The lowest BCUT2D eigenvalue weighted by atomic mass is 9.85. The van der Waals surface area contributed by atoms with Crippen LogP contribution in [0, 0.1) is 0 Å². The van der Waals surface area contributed by atoms with E-state index in [1.54, 1.807) is 0 Å². The van der Waals surface area contributed by atoms with E-state index in [4.69, 9.17) is 9.15 Å². The Balaban J connectivity index is 2.32. The van der Waals surface area contributed by atoms with Crippen molar-refractivity contribution in [3.63, 3.8) is 0 Å². The van der Waals surface area contributed by atoms with E-state index in [-0.39, 0.29) is 17.3 Å². The van der Waals surface area contributed by atoms with Crippen LogP contribution in [0.2, 0.25) is 0 Å². The maximum atomic E-state index is 12.1. The van der Waals surface area contributed by atoms with Gasteiger partial charge in [-0.2, -0.15) is 0 Å². The van der Waals surface area contributed by atoms with E-state index < -0.39 is 0 Å². The zero-order valence-electron chi connectivity index (χ0n) is 12.0. The highest BCUT2D eigenvalue weighted by atomic mass is 16.5. The predicted octanol–water partition coefficient (Wildman–Crippen LogP) is 3.93. The molecule has 0 saturated carbocycles. The number of hydrogen-bond donors (Lipinski definition) is 0. The summed E-state index contributed by atoms with van der Waals surface area (Å²) in [6.07, 6.45) is 4.80. The molecule has 0 unspecified atom stereocenters. The average molecular weight is 270 g/mol. The Hall–Kier alpha value is -2.03. The van der Waals surface area contributed by atoms with Crippen molar-refractivity contribution in [2.45, 2.75) is 31.6 Å². The van der Waals surface area contributed by atoms with Crippen LogP contribution in [-0.4, -0.2) is 13.1 Å². The van der Waals surface area contributed by atoms with Crippen LogP contribution >= 0.6 is 0 Å². The number of methoxy groups -OCH3 is 1. The Labute approximate surface area is 118 Å². The lowest BCUT2D eigenvalue weighted by Crippen LogP contribution is -2.18. The second-order valence-corrected chi connectivity index (χ2v) is 5.78. The molecule has 1 aromatic carbocycles. The van der Waals surface area contributed by atoms with Gasteiger partial charge in [0, 0.05) is 16.4 Å². The molecule has 0 radical (unpaired) electrons. The van der Waals surface area contributed by atoms with Gasteiger partial charge in [0.1, 0.15) is 11.3 Å². The quantitative estimate of drug-likeness (QED) is 0.582. The molecule has 0 fully saturated rings. The molecule has 0 N–H and O–H groups in total. The molecule has 3 nitrogen and oxygen atoms in total. The number of carbonyl (C=O) groups is 1. The van der Waals surface area contributed by atoms with Crippen molar-refractivity contribution in [2.75, 3.05) is 7.11 Å². The van der Waals surface area contributed by atoms with Gasteiger partial charge in [0.2, 0.25) is 0 Å². The van der Waals surface area contributed by atoms with Gasteiger partial charge in [-0.05, 0) is 26.3 Å². The van der Waals surface area contributed by atoms with Crippen molar-refractivity contribution in [3.05, 3.63) is 47.7 Å². The van der Waals surface area contributed by atoms with Crippen molar-refractivity contribution >= 4 is 16.9 Å². The maximum absolute atomic E-state index is 12.1. The molecule has 104 valence electrons. The van der Waals surface area contributed by atoms with Crippen molar-refractivity contribution in [3.8, 4) is 0 Å². The molecule has 0 amide bonds. The van der Waals surface area contributed by atoms with Gasteiger partial charge in [0.25, 0.3) is 0 Å². The van der Waals surface area contributed by atoms with Crippen LogP contribution in [0.1, 0.15) is 37.5 Å². The standard InChI is InChI=1S/C17H18O3/c1-17(2)10-6-8-12(16(18)19-3)14-11-7-4-5-9-13(11)20-15(14)17/h4-7,9-10,12H,8H2,1-3H3/t12-/m0/s1. The lowest BCUT2D eigenvalue weighted by molar-refractivity contribution is -0.142. The zero-order valence-corrected chi connectivity index (χ0v) is 12.0. The van der Waals surface area contributed by atoms with E-state index >= 15 is 0 Å². The van der Waals surface area contributed by atoms with Crippen LogP contribution in [0.25, 0.3) is 11.0 Å². The molecule has 1 atom stereocenters. The van der Waals surface area contributed by atoms with Crippen LogP contribution in [-0.2, 0) is 14.9 Å². The second kappa shape index (κ2) is 4.51. The normalized spacial score (nSPS) is 20.4. The molecule has 1 aliphatic rings. The van der Waals surface area contributed by atoms with Gasteiger partial charge < -0.3 is 9.15 Å². The molecule has 1 aliphatic carbocycles. The number of rotatable bonds is 1. The molecule has 1 heterocycles. The van der Waals surface area contributed by atoms with Gasteiger partial charge in [-0.3, -0.25) is 4.79 Å². The fourth-order valence-corrected chi connectivity index (χ4v) is 2.94. The molecule has 20 heavy (non-hydrogen) atoms. The first-order valence-electron chi connectivity index (χ1n) is 6.82. The minimum absolute atomic E-state index is 0.208. The predicted molar refractivity (Wildman–Crippen MR) is 77.8 cm³/mol. The number of benzene rings is 1. The SMILES string of the molecule is COC(=O)[C@H]1CC=CC(C)(C)c2oc3ccccc3c21. The first-order valence-corrected chi connectivity index (χ1v) is 6.82. The number of ether oxygens (including phenoxy) is 1. The number of hydrogen-bond acceptors (Lipinski definition) is 3. The summed E-state index contributed by atoms with van der Waals surface area (Å²) in [5.74, 6) is 0.361. The monoisotopic (exact) mass is 270 g/mol. The zero-order chi connectivity index (χ0) is 14.3. The summed E-state index contributed by atoms with van der Waals surface area (Å²) in [6.45, 7) is 4.20. The van der Waals surface area contributed by atoms with Gasteiger partial charge in [0.15, 0.2) is 0 Å². The van der Waals surface area contributed by atoms with Crippen LogP contribution in [0.5, 0.6) is 0 Å². The fraction of sp³-hybridized carbons (Fsp3) is 0.353. The van der Waals surface area contributed by atoms with Crippen LogP contribution < -0.4 is 0 Å². The molecule has 2 aromatic rings. The van der Waals surface area contributed by atoms with Crippen LogP contribution in [0.15, 0.2) is 40.8 Å². The lowest BCUT2D eigenvalue weighted by Gasteiger charge is -2.19. The van der Waals surface area contributed by atoms with Gasteiger partial charge >= 0.3 is 5.97 Å². The van der Waals surface area contributed by atoms with Gasteiger partial charge in [-0.1, -0.05) is 30.4 Å². The summed E-state index contributed by atoms with van der Waals surface area (Å²) < 4.78 is 11.0. The Morgan fingerprint density at radius 2 is 2.10 bits per heavy atom. The highest BCUT2D eigenvalue weighted by Crippen LogP contribution is 2.43. The number of esters is 1. The number of carbonyl (C=O) groups excluding carboxylic acids is 1. The molecule has 0 spiro atoms. The molecule has 3 rings (SSSR count). The van der Waals surface area contributed by atoms with E-state index in [0.717, 1.165) is 22.3 Å². The van der Waals surface area contributed by atoms with Crippen LogP contribution in [0.4, 0.5) is 0 Å². The fourth-order valence-electron chi connectivity index (χ4n) is 2.94. The van der Waals surface area contributed by atoms with Gasteiger partial charge in [-0.15, -0.1) is 0 Å². The molecule has 0 saturated heterocycles. The summed E-state index contributed by atoms with van der Waals surface area (Å²) in [6, 6.07) is 7.87. The molecular weight excluding hydrogens is 252 g/mol. The van der Waals surface area contributed by atoms with Gasteiger partial charge in [-0.25, -0.2) is 0 Å². The summed E-state index contributed by atoms with van der Waals surface area (Å²) in [7, 11) is 1.43. The van der Waals surface area contributed by atoms with E-state index in [0.29, 0.717) is 6.42 Å². The topological polar surface area (TPSA) is 39.4 Å². The summed E-state index contributed by atoms with van der Waals surface area (Å²) in [5, 5.41) is 1.01. The minimum atomic E-state index is -0.295. The average Bonchev–Trinajstić information content (AvgIpc) is 2.77. The highest BCUT2D eigenvalue weighted by molar-refractivity contribution is 5.90. The number of para-hydroxylation sites is 1. The smallest absolute Gasteiger partial charge is 0.313 e. The first-order chi connectivity index (χ1) is 9.54. The second-order valence-electron chi connectivity index (χ2n) is 5.78. The van der Waals surface area contributed by atoms with Crippen LogP contribution in [0.3, 0.4) is 0 Å². The third-order valence-corrected chi connectivity index (χ3v) is 3.96. The van der Waals surface area contributed by atoms with E-state index in [1.165, 1.54) is 7.11 Å².